The van der Waals surface area contributed by atoms with Gasteiger partial charge in [0.25, 0.3) is 0 Å². The monoisotopic (exact) mass is 333 g/mol. The SMILES string of the molecule is Cc1nn(C)c(C)c1NC(=O)CC(c1ccccc1)c1ccccc1. The number of nitrogens with one attached hydrogen (secondary N) is 1. The van der Waals surface area contributed by atoms with Gasteiger partial charge < -0.3 is 5.32 Å². The summed E-state index contributed by atoms with van der Waals surface area (Å²) in [5, 5.41) is 7.41. The van der Waals surface area contributed by atoms with Crippen LogP contribution in [0.1, 0.15) is 34.9 Å². The molecule has 1 heterocycles. The smallest absolute Gasteiger partial charge is 0.225 e. The highest BCUT2D eigenvalue weighted by atomic mass is 16.1. The summed E-state index contributed by atoms with van der Waals surface area (Å²) in [6, 6.07) is 20.3. The molecular formula is C21H23N3O. The Kier molecular flexibility index (Phi) is 4.98. The van der Waals surface area contributed by atoms with Gasteiger partial charge in [0.15, 0.2) is 0 Å². The number of benzene rings is 2. The number of aryl methyl sites for hydroxylation is 2. The first-order chi connectivity index (χ1) is 12.1. The van der Waals surface area contributed by atoms with E-state index in [1.807, 2.05) is 57.3 Å². The molecule has 0 aliphatic rings. The highest BCUT2D eigenvalue weighted by Gasteiger charge is 2.20. The van der Waals surface area contributed by atoms with Crippen LogP contribution in [0.3, 0.4) is 0 Å². The highest BCUT2D eigenvalue weighted by Crippen LogP contribution is 2.29. The number of carbonyl (C=O) groups is 1. The molecule has 0 radical (unpaired) electrons. The van der Waals surface area contributed by atoms with E-state index in [1.54, 1.807) is 4.68 Å². The van der Waals surface area contributed by atoms with Gasteiger partial charge >= 0.3 is 0 Å². The van der Waals surface area contributed by atoms with Gasteiger partial charge in [-0.25, -0.2) is 0 Å². The third-order valence-corrected chi connectivity index (χ3v) is 4.57. The predicted molar refractivity (Wildman–Crippen MR) is 101 cm³/mol. The number of amides is 1. The van der Waals surface area contributed by atoms with Crippen molar-refractivity contribution < 1.29 is 4.79 Å². The average Bonchev–Trinajstić information content (AvgIpc) is 2.87. The van der Waals surface area contributed by atoms with Crippen molar-refractivity contribution >= 4 is 11.6 Å². The van der Waals surface area contributed by atoms with Crippen LogP contribution < -0.4 is 5.32 Å². The second-order valence-electron chi connectivity index (χ2n) is 6.30. The van der Waals surface area contributed by atoms with Gasteiger partial charge in [-0.2, -0.15) is 5.10 Å². The van der Waals surface area contributed by atoms with Crippen LogP contribution in [0.4, 0.5) is 5.69 Å². The van der Waals surface area contributed by atoms with Gasteiger partial charge in [0.2, 0.25) is 5.91 Å². The van der Waals surface area contributed by atoms with E-state index in [2.05, 4.69) is 34.7 Å². The molecule has 0 spiro atoms. The Morgan fingerprint density at radius 2 is 1.52 bits per heavy atom. The Balaban J connectivity index is 1.84. The Hall–Kier alpha value is -2.88. The van der Waals surface area contributed by atoms with E-state index in [0.29, 0.717) is 6.42 Å². The first kappa shape index (κ1) is 17.0. The summed E-state index contributed by atoms with van der Waals surface area (Å²) in [6.07, 6.45) is 0.391. The summed E-state index contributed by atoms with van der Waals surface area (Å²) in [7, 11) is 1.88. The number of anilines is 1. The van der Waals surface area contributed by atoms with Crippen LogP contribution in [0.15, 0.2) is 60.7 Å². The van der Waals surface area contributed by atoms with E-state index >= 15 is 0 Å². The van der Waals surface area contributed by atoms with Crippen molar-refractivity contribution in [2.75, 3.05) is 5.32 Å². The molecule has 0 bridgehead atoms. The maximum atomic E-state index is 12.7. The number of nitrogens with zero attached hydrogens (tertiary/aromatic N) is 2. The summed E-state index contributed by atoms with van der Waals surface area (Å²) in [4.78, 5) is 12.7. The summed E-state index contributed by atoms with van der Waals surface area (Å²) >= 11 is 0. The summed E-state index contributed by atoms with van der Waals surface area (Å²) in [5.74, 6) is 0.0246. The zero-order valence-corrected chi connectivity index (χ0v) is 14.9. The molecule has 1 amide bonds. The van der Waals surface area contributed by atoms with Gasteiger partial charge in [0.1, 0.15) is 0 Å². The first-order valence-electron chi connectivity index (χ1n) is 8.46. The lowest BCUT2D eigenvalue weighted by molar-refractivity contribution is -0.116. The molecule has 0 fully saturated rings. The third kappa shape index (κ3) is 3.79. The average molecular weight is 333 g/mol. The number of aromatic nitrogens is 2. The minimum Gasteiger partial charge on any atom is -0.323 e. The maximum absolute atomic E-state index is 12.7. The number of hydrogen-bond acceptors (Lipinski definition) is 2. The van der Waals surface area contributed by atoms with E-state index in [9.17, 15) is 4.79 Å². The molecule has 1 aromatic heterocycles. The van der Waals surface area contributed by atoms with Crippen LogP contribution in [-0.2, 0) is 11.8 Å². The Labute approximate surface area is 148 Å². The van der Waals surface area contributed by atoms with Crippen molar-refractivity contribution in [3.05, 3.63) is 83.2 Å². The Morgan fingerprint density at radius 1 is 1.00 bits per heavy atom. The Morgan fingerprint density at radius 3 is 1.96 bits per heavy atom. The summed E-state index contributed by atoms with van der Waals surface area (Å²) in [6.45, 7) is 3.87. The lowest BCUT2D eigenvalue weighted by Gasteiger charge is -2.18. The van der Waals surface area contributed by atoms with Crippen molar-refractivity contribution in [2.24, 2.45) is 7.05 Å². The van der Waals surface area contributed by atoms with Gasteiger partial charge in [-0.05, 0) is 25.0 Å². The molecule has 4 nitrogen and oxygen atoms in total. The van der Waals surface area contributed by atoms with E-state index in [0.717, 1.165) is 28.2 Å². The van der Waals surface area contributed by atoms with Crippen molar-refractivity contribution in [1.29, 1.82) is 0 Å². The number of hydrogen-bond donors (Lipinski definition) is 1. The molecule has 4 heteroatoms. The molecule has 3 aromatic rings. The molecule has 25 heavy (non-hydrogen) atoms. The topological polar surface area (TPSA) is 46.9 Å². The highest BCUT2D eigenvalue weighted by molar-refractivity contribution is 5.92. The fourth-order valence-electron chi connectivity index (χ4n) is 3.13. The zero-order chi connectivity index (χ0) is 17.8. The lowest BCUT2D eigenvalue weighted by Crippen LogP contribution is -2.17. The second kappa shape index (κ2) is 7.34. The minimum atomic E-state index is -0.00286. The summed E-state index contributed by atoms with van der Waals surface area (Å²) < 4.78 is 1.79. The van der Waals surface area contributed by atoms with Crippen LogP contribution in [0, 0.1) is 13.8 Å². The number of rotatable bonds is 5. The standard InChI is InChI=1S/C21H23N3O/c1-15-21(16(2)24(3)23-15)22-20(25)14-19(17-10-6-4-7-11-17)18-12-8-5-9-13-18/h4-13,19H,14H2,1-3H3,(H,22,25). The zero-order valence-electron chi connectivity index (χ0n) is 14.9. The molecular weight excluding hydrogens is 310 g/mol. The molecule has 0 aliphatic heterocycles. The number of carbonyl (C=O) groups excluding carboxylic acids is 1. The van der Waals surface area contributed by atoms with Crippen molar-refractivity contribution in [1.82, 2.24) is 9.78 Å². The second-order valence-corrected chi connectivity index (χ2v) is 6.30. The van der Waals surface area contributed by atoms with Crippen LogP contribution in [-0.4, -0.2) is 15.7 Å². The van der Waals surface area contributed by atoms with Gasteiger partial charge in [0.05, 0.1) is 17.1 Å². The summed E-state index contributed by atoms with van der Waals surface area (Å²) in [5.41, 5.74) is 4.89. The molecule has 0 aliphatic carbocycles. The fraction of sp³-hybridized carbons (Fsp3) is 0.238. The normalized spacial score (nSPS) is 10.9. The molecule has 0 unspecified atom stereocenters. The molecule has 2 aromatic carbocycles. The van der Waals surface area contributed by atoms with Crippen LogP contribution in [0.5, 0.6) is 0 Å². The van der Waals surface area contributed by atoms with E-state index in [-0.39, 0.29) is 11.8 Å². The third-order valence-electron chi connectivity index (χ3n) is 4.57. The molecule has 0 atom stereocenters. The minimum absolute atomic E-state index is 0.00286. The van der Waals surface area contributed by atoms with Gasteiger partial charge in [-0.15, -0.1) is 0 Å². The first-order valence-corrected chi connectivity index (χ1v) is 8.46. The van der Waals surface area contributed by atoms with Crippen LogP contribution >= 0.6 is 0 Å². The molecule has 1 N–H and O–H groups in total. The van der Waals surface area contributed by atoms with Crippen molar-refractivity contribution in [3.63, 3.8) is 0 Å². The molecule has 3 rings (SSSR count). The van der Waals surface area contributed by atoms with Crippen molar-refractivity contribution in [2.45, 2.75) is 26.2 Å². The van der Waals surface area contributed by atoms with Gasteiger partial charge in [-0.3, -0.25) is 9.48 Å². The van der Waals surface area contributed by atoms with E-state index in [1.165, 1.54) is 0 Å². The quantitative estimate of drug-likeness (QED) is 0.761. The predicted octanol–water partition coefficient (Wildman–Crippen LogP) is 4.20. The van der Waals surface area contributed by atoms with Crippen LogP contribution in [0.25, 0.3) is 0 Å². The molecule has 0 saturated heterocycles. The fourth-order valence-corrected chi connectivity index (χ4v) is 3.13. The molecule has 128 valence electrons. The molecule has 0 saturated carbocycles. The van der Waals surface area contributed by atoms with Gasteiger partial charge in [0, 0.05) is 19.4 Å². The van der Waals surface area contributed by atoms with Gasteiger partial charge in [-0.1, -0.05) is 60.7 Å². The van der Waals surface area contributed by atoms with E-state index < -0.39 is 0 Å². The Bertz CT molecular complexity index is 814. The lowest BCUT2D eigenvalue weighted by atomic mass is 9.88. The van der Waals surface area contributed by atoms with Crippen LogP contribution in [0.2, 0.25) is 0 Å². The van der Waals surface area contributed by atoms with E-state index in [4.69, 9.17) is 0 Å². The largest absolute Gasteiger partial charge is 0.323 e. The maximum Gasteiger partial charge on any atom is 0.225 e. The van der Waals surface area contributed by atoms with Crippen molar-refractivity contribution in [3.8, 4) is 0 Å².